The number of nitro groups is 1. The van der Waals surface area contributed by atoms with E-state index in [1.54, 1.807) is 0 Å². The molecule has 0 fully saturated rings. The molecule has 0 saturated heterocycles. The van der Waals surface area contributed by atoms with Gasteiger partial charge in [0.25, 0.3) is 17.5 Å². The minimum Gasteiger partial charge on any atom is -0.454 e. The first-order valence-corrected chi connectivity index (χ1v) is 9.80. The quantitative estimate of drug-likeness (QED) is 0.318. The van der Waals surface area contributed by atoms with E-state index in [1.807, 2.05) is 49.4 Å². The lowest BCUT2D eigenvalue weighted by atomic mass is 10.00. The molecule has 0 aromatic heterocycles. The highest BCUT2D eigenvalue weighted by molar-refractivity contribution is 5.96. The molecule has 0 aliphatic carbocycles. The third kappa shape index (κ3) is 5.66. The molecule has 0 radical (unpaired) electrons. The summed E-state index contributed by atoms with van der Waals surface area (Å²) < 4.78 is 4.90. The van der Waals surface area contributed by atoms with Crippen molar-refractivity contribution in [1.29, 1.82) is 0 Å². The number of carbonyl (C=O) groups is 3. The van der Waals surface area contributed by atoms with Gasteiger partial charge in [-0.3, -0.25) is 24.5 Å². The van der Waals surface area contributed by atoms with Crippen LogP contribution in [0.4, 0.5) is 5.69 Å². The first-order valence-electron chi connectivity index (χ1n) is 9.80. The Labute approximate surface area is 183 Å². The third-order valence-electron chi connectivity index (χ3n) is 4.74. The Morgan fingerprint density at radius 2 is 1.75 bits per heavy atom. The number of nitrogens with zero attached hydrogens (tertiary/aromatic N) is 1. The molecule has 2 N–H and O–H groups in total. The Hall–Kier alpha value is -4.27. The van der Waals surface area contributed by atoms with Crippen molar-refractivity contribution in [2.75, 3.05) is 13.2 Å². The summed E-state index contributed by atoms with van der Waals surface area (Å²) in [7, 11) is 0. The molecular weight excluding hydrogens is 414 g/mol. The number of carbonyl (C=O) groups excluding carboxylic acids is 3. The van der Waals surface area contributed by atoms with E-state index in [1.165, 1.54) is 18.2 Å². The average molecular weight is 435 g/mol. The largest absolute Gasteiger partial charge is 0.454 e. The number of benzene rings is 3. The summed E-state index contributed by atoms with van der Waals surface area (Å²) in [5.74, 6) is -1.96. The van der Waals surface area contributed by atoms with Gasteiger partial charge in [-0.2, -0.15) is 0 Å². The maximum absolute atomic E-state index is 12.2. The molecular formula is C23H21N3O6. The maximum atomic E-state index is 12.2. The molecule has 1 unspecified atom stereocenters. The van der Waals surface area contributed by atoms with Crippen LogP contribution in [0.1, 0.15) is 28.9 Å². The van der Waals surface area contributed by atoms with Gasteiger partial charge >= 0.3 is 5.97 Å². The fourth-order valence-corrected chi connectivity index (χ4v) is 3.20. The van der Waals surface area contributed by atoms with E-state index in [0.29, 0.717) is 0 Å². The lowest BCUT2D eigenvalue weighted by Crippen LogP contribution is -2.34. The standard InChI is InChI=1S/C23H21N3O6/c1-15(19-11-5-7-16-6-2-3-10-20(16)19)25-21(27)14-32-22(28)13-24-23(29)17-8-4-9-18(12-17)26(30)31/h2-12,15H,13-14H2,1H3,(H,24,29)(H,25,27). The molecule has 1 atom stereocenters. The molecule has 0 spiro atoms. The van der Waals surface area contributed by atoms with Gasteiger partial charge in [-0.25, -0.2) is 0 Å². The van der Waals surface area contributed by atoms with Crippen molar-refractivity contribution >= 4 is 34.2 Å². The number of amides is 2. The Morgan fingerprint density at radius 3 is 2.53 bits per heavy atom. The number of ether oxygens (including phenoxy) is 1. The van der Waals surface area contributed by atoms with Gasteiger partial charge in [0.15, 0.2) is 6.61 Å². The lowest BCUT2D eigenvalue weighted by Gasteiger charge is -2.16. The molecule has 0 aliphatic heterocycles. The molecule has 9 heteroatoms. The summed E-state index contributed by atoms with van der Waals surface area (Å²) in [6.07, 6.45) is 0. The Balaban J connectivity index is 1.47. The second kappa shape index (κ2) is 10.2. The van der Waals surface area contributed by atoms with E-state index in [2.05, 4.69) is 10.6 Å². The molecule has 0 heterocycles. The van der Waals surface area contributed by atoms with E-state index < -0.39 is 35.9 Å². The Bertz CT molecular complexity index is 1170. The predicted molar refractivity (Wildman–Crippen MR) is 117 cm³/mol. The number of nitro benzene ring substituents is 1. The van der Waals surface area contributed by atoms with Gasteiger partial charge in [0, 0.05) is 17.7 Å². The molecule has 164 valence electrons. The van der Waals surface area contributed by atoms with Crippen LogP contribution in [-0.4, -0.2) is 35.9 Å². The molecule has 0 bridgehead atoms. The van der Waals surface area contributed by atoms with Crippen LogP contribution in [0.2, 0.25) is 0 Å². The number of fused-ring (bicyclic) bond motifs is 1. The van der Waals surface area contributed by atoms with E-state index >= 15 is 0 Å². The van der Waals surface area contributed by atoms with Crippen molar-refractivity contribution < 1.29 is 24.0 Å². The summed E-state index contributed by atoms with van der Waals surface area (Å²) in [4.78, 5) is 46.3. The number of non-ortho nitro benzene ring substituents is 1. The van der Waals surface area contributed by atoms with Crippen LogP contribution < -0.4 is 10.6 Å². The summed E-state index contributed by atoms with van der Waals surface area (Å²) in [6.45, 7) is 0.856. The van der Waals surface area contributed by atoms with E-state index in [4.69, 9.17) is 4.74 Å². The van der Waals surface area contributed by atoms with Crippen molar-refractivity contribution in [1.82, 2.24) is 10.6 Å². The minimum absolute atomic E-state index is 0.0358. The summed E-state index contributed by atoms with van der Waals surface area (Å²) >= 11 is 0. The van der Waals surface area contributed by atoms with Gasteiger partial charge in [0.2, 0.25) is 0 Å². The maximum Gasteiger partial charge on any atom is 0.325 e. The number of nitrogens with one attached hydrogen (secondary N) is 2. The van der Waals surface area contributed by atoms with E-state index in [-0.39, 0.29) is 17.3 Å². The topological polar surface area (TPSA) is 128 Å². The molecule has 3 rings (SSSR count). The highest BCUT2D eigenvalue weighted by Gasteiger charge is 2.16. The van der Waals surface area contributed by atoms with Crippen molar-refractivity contribution in [3.8, 4) is 0 Å². The van der Waals surface area contributed by atoms with E-state index in [0.717, 1.165) is 22.4 Å². The number of hydrogen-bond acceptors (Lipinski definition) is 6. The fourth-order valence-electron chi connectivity index (χ4n) is 3.20. The predicted octanol–water partition coefficient (Wildman–Crippen LogP) is 2.90. The van der Waals surface area contributed by atoms with Gasteiger partial charge in [-0.1, -0.05) is 48.5 Å². The number of rotatable bonds is 8. The van der Waals surface area contributed by atoms with Crippen molar-refractivity contribution in [3.05, 3.63) is 88.0 Å². The van der Waals surface area contributed by atoms with Gasteiger partial charge < -0.3 is 15.4 Å². The second-order valence-corrected chi connectivity index (χ2v) is 7.01. The molecule has 9 nitrogen and oxygen atoms in total. The zero-order valence-electron chi connectivity index (χ0n) is 17.2. The van der Waals surface area contributed by atoms with Crippen LogP contribution in [-0.2, 0) is 14.3 Å². The van der Waals surface area contributed by atoms with Gasteiger partial charge in [0.05, 0.1) is 11.0 Å². The Morgan fingerprint density at radius 1 is 1.03 bits per heavy atom. The first-order chi connectivity index (χ1) is 15.3. The summed E-state index contributed by atoms with van der Waals surface area (Å²) in [6, 6.07) is 18.4. The van der Waals surface area contributed by atoms with E-state index in [9.17, 15) is 24.5 Å². The summed E-state index contributed by atoms with van der Waals surface area (Å²) in [5, 5.41) is 17.9. The molecule has 2 amide bonds. The normalized spacial score (nSPS) is 11.4. The number of esters is 1. The van der Waals surface area contributed by atoms with Crippen molar-refractivity contribution in [2.24, 2.45) is 0 Å². The summed E-state index contributed by atoms with van der Waals surface area (Å²) in [5.41, 5.74) is 0.734. The van der Waals surface area contributed by atoms with Crippen molar-refractivity contribution in [2.45, 2.75) is 13.0 Å². The van der Waals surface area contributed by atoms with Crippen LogP contribution in [0, 0.1) is 10.1 Å². The monoisotopic (exact) mass is 435 g/mol. The van der Waals surface area contributed by atoms with Crippen LogP contribution in [0.25, 0.3) is 10.8 Å². The minimum atomic E-state index is -0.809. The molecule has 32 heavy (non-hydrogen) atoms. The van der Waals surface area contributed by atoms with Gasteiger partial charge in [-0.05, 0) is 29.3 Å². The van der Waals surface area contributed by atoms with Crippen LogP contribution >= 0.6 is 0 Å². The molecule has 0 aliphatic rings. The second-order valence-electron chi connectivity index (χ2n) is 7.01. The SMILES string of the molecule is CC(NC(=O)COC(=O)CNC(=O)c1cccc([N+](=O)[O-])c1)c1cccc2ccccc12. The molecule has 0 saturated carbocycles. The molecule has 3 aromatic rings. The van der Waals surface area contributed by atoms with Gasteiger partial charge in [-0.15, -0.1) is 0 Å². The third-order valence-corrected chi connectivity index (χ3v) is 4.74. The van der Waals surface area contributed by atoms with Gasteiger partial charge in [0.1, 0.15) is 6.54 Å². The lowest BCUT2D eigenvalue weighted by molar-refractivity contribution is -0.384. The average Bonchev–Trinajstić information content (AvgIpc) is 2.80. The van der Waals surface area contributed by atoms with Crippen molar-refractivity contribution in [3.63, 3.8) is 0 Å². The van der Waals surface area contributed by atoms with Crippen LogP contribution in [0.3, 0.4) is 0 Å². The molecule has 3 aromatic carbocycles. The number of hydrogen-bond donors (Lipinski definition) is 2. The van der Waals surface area contributed by atoms with Crippen LogP contribution in [0.15, 0.2) is 66.7 Å². The van der Waals surface area contributed by atoms with Crippen LogP contribution in [0.5, 0.6) is 0 Å². The zero-order valence-corrected chi connectivity index (χ0v) is 17.2. The highest BCUT2D eigenvalue weighted by Crippen LogP contribution is 2.23. The fraction of sp³-hybridized carbons (Fsp3) is 0.174. The Kier molecular flexibility index (Phi) is 7.12. The highest BCUT2D eigenvalue weighted by atomic mass is 16.6. The zero-order chi connectivity index (χ0) is 23.1. The first kappa shape index (κ1) is 22.4. The smallest absolute Gasteiger partial charge is 0.325 e.